The highest BCUT2D eigenvalue weighted by Gasteiger charge is 2.11. The Morgan fingerprint density at radius 2 is 2.06 bits per heavy atom. The molecule has 18 heavy (non-hydrogen) atoms. The number of nitriles is 1. The minimum Gasteiger partial charge on any atom is -0.335 e. The molecule has 2 aromatic rings. The van der Waals surface area contributed by atoms with E-state index in [4.69, 9.17) is 28.5 Å². The maximum absolute atomic E-state index is 8.97. The van der Waals surface area contributed by atoms with Crippen molar-refractivity contribution in [3.05, 3.63) is 45.6 Å². The summed E-state index contributed by atoms with van der Waals surface area (Å²) in [6.45, 7) is 1.87. The second kappa shape index (κ2) is 5.21. The molecule has 1 N–H and O–H groups in total. The number of nitrogens with zero attached hydrogens (tertiary/aromatic N) is 3. The van der Waals surface area contributed by atoms with Crippen LogP contribution in [0.3, 0.4) is 0 Å². The van der Waals surface area contributed by atoms with E-state index in [1.54, 1.807) is 12.1 Å². The molecule has 1 heterocycles. The van der Waals surface area contributed by atoms with Crippen LogP contribution >= 0.6 is 23.2 Å². The quantitative estimate of drug-likeness (QED) is 0.910. The molecule has 0 amide bonds. The largest absolute Gasteiger partial charge is 0.335 e. The minimum absolute atomic E-state index is 0.328. The molecular weight excluding hydrogens is 271 g/mol. The van der Waals surface area contributed by atoms with E-state index in [1.165, 1.54) is 6.20 Å². The average Bonchev–Trinajstić information content (AvgIpc) is 2.39. The van der Waals surface area contributed by atoms with Crippen LogP contribution in [0, 0.1) is 18.3 Å². The monoisotopic (exact) mass is 278 g/mol. The van der Waals surface area contributed by atoms with Gasteiger partial charge in [-0.3, -0.25) is 0 Å². The predicted octanol–water partition coefficient (Wildman–Crippen LogP) is 3.71. The summed E-state index contributed by atoms with van der Waals surface area (Å²) in [5.41, 5.74) is 1.78. The second-order valence-corrected chi connectivity index (χ2v) is 4.37. The zero-order valence-corrected chi connectivity index (χ0v) is 10.9. The number of halogens is 2. The van der Waals surface area contributed by atoms with Gasteiger partial charge in [-0.2, -0.15) is 10.4 Å². The third kappa shape index (κ3) is 2.37. The number of aromatic nitrogens is 2. The van der Waals surface area contributed by atoms with Crippen molar-refractivity contribution in [2.24, 2.45) is 0 Å². The van der Waals surface area contributed by atoms with Crippen molar-refractivity contribution < 1.29 is 0 Å². The molecule has 6 heteroatoms. The normalized spacial score (nSPS) is 9.89. The van der Waals surface area contributed by atoms with E-state index in [0.717, 1.165) is 5.56 Å². The van der Waals surface area contributed by atoms with E-state index in [-0.39, 0.29) is 0 Å². The lowest BCUT2D eigenvalue weighted by Crippen LogP contribution is -2.00. The minimum atomic E-state index is 0.328. The predicted molar refractivity (Wildman–Crippen MR) is 71.2 cm³/mol. The van der Waals surface area contributed by atoms with Gasteiger partial charge in [-0.05, 0) is 24.6 Å². The lowest BCUT2D eigenvalue weighted by molar-refractivity contribution is 1.03. The Balaban J connectivity index is 2.47. The molecule has 0 aliphatic carbocycles. The molecule has 0 spiro atoms. The maximum atomic E-state index is 8.97. The molecule has 0 bridgehead atoms. The number of aryl methyl sites for hydroxylation is 1. The van der Waals surface area contributed by atoms with Crippen LogP contribution < -0.4 is 5.32 Å². The summed E-state index contributed by atoms with van der Waals surface area (Å²) in [7, 11) is 0. The van der Waals surface area contributed by atoms with Crippen LogP contribution in [0.15, 0.2) is 24.4 Å². The Bertz CT molecular complexity index is 634. The Hall–Kier alpha value is -1.83. The van der Waals surface area contributed by atoms with Crippen molar-refractivity contribution >= 4 is 34.7 Å². The van der Waals surface area contributed by atoms with Gasteiger partial charge in [-0.1, -0.05) is 29.3 Å². The van der Waals surface area contributed by atoms with Crippen LogP contribution in [0.4, 0.5) is 11.5 Å². The fourth-order valence-electron chi connectivity index (χ4n) is 1.40. The van der Waals surface area contributed by atoms with E-state index in [0.29, 0.717) is 27.1 Å². The first kappa shape index (κ1) is 12.6. The van der Waals surface area contributed by atoms with Gasteiger partial charge in [0.05, 0.1) is 27.5 Å². The van der Waals surface area contributed by atoms with Crippen LogP contribution in [0.5, 0.6) is 0 Å². The highest BCUT2D eigenvalue weighted by atomic mass is 35.5. The molecular formula is C12H8Cl2N4. The van der Waals surface area contributed by atoms with E-state index in [1.807, 2.05) is 19.1 Å². The van der Waals surface area contributed by atoms with Crippen molar-refractivity contribution in [2.75, 3.05) is 5.32 Å². The molecule has 0 saturated carbocycles. The molecule has 1 aromatic carbocycles. The first-order valence-corrected chi connectivity index (χ1v) is 5.82. The van der Waals surface area contributed by atoms with Crippen LogP contribution in [0.2, 0.25) is 10.0 Å². The summed E-state index contributed by atoms with van der Waals surface area (Å²) in [6.07, 6.45) is 1.45. The smallest absolute Gasteiger partial charge is 0.171 e. The van der Waals surface area contributed by atoms with Gasteiger partial charge < -0.3 is 5.32 Å². The number of nitrogens with one attached hydrogen (secondary N) is 1. The van der Waals surface area contributed by atoms with Gasteiger partial charge in [-0.25, -0.2) is 0 Å². The fraction of sp³-hybridized carbons (Fsp3) is 0.0833. The molecule has 2 rings (SSSR count). The number of rotatable bonds is 2. The lowest BCUT2D eigenvalue weighted by atomic mass is 10.2. The Morgan fingerprint density at radius 1 is 1.28 bits per heavy atom. The Labute approximate surface area is 114 Å². The number of benzene rings is 1. The van der Waals surface area contributed by atoms with Crippen LogP contribution in [0.1, 0.15) is 11.1 Å². The summed E-state index contributed by atoms with van der Waals surface area (Å²) in [6, 6.07) is 7.13. The van der Waals surface area contributed by atoms with Gasteiger partial charge in [0.1, 0.15) is 6.07 Å². The van der Waals surface area contributed by atoms with Gasteiger partial charge in [0.25, 0.3) is 0 Å². The number of hydrogen-bond acceptors (Lipinski definition) is 4. The summed E-state index contributed by atoms with van der Waals surface area (Å²) in [5, 5.41) is 20.4. The molecule has 0 aliphatic rings. The van der Waals surface area contributed by atoms with Crippen molar-refractivity contribution in [1.29, 1.82) is 5.26 Å². The van der Waals surface area contributed by atoms with Gasteiger partial charge in [0, 0.05) is 0 Å². The summed E-state index contributed by atoms with van der Waals surface area (Å²) in [5.74, 6) is 0.328. The van der Waals surface area contributed by atoms with E-state index in [2.05, 4.69) is 15.5 Å². The van der Waals surface area contributed by atoms with Gasteiger partial charge in [-0.15, -0.1) is 5.10 Å². The molecule has 4 nitrogen and oxygen atoms in total. The lowest BCUT2D eigenvalue weighted by Gasteiger charge is -2.11. The first-order valence-electron chi connectivity index (χ1n) is 5.07. The summed E-state index contributed by atoms with van der Waals surface area (Å²) < 4.78 is 0. The van der Waals surface area contributed by atoms with Gasteiger partial charge >= 0.3 is 0 Å². The zero-order valence-electron chi connectivity index (χ0n) is 9.41. The van der Waals surface area contributed by atoms with E-state index < -0.39 is 0 Å². The highest BCUT2D eigenvalue weighted by molar-refractivity contribution is 6.39. The molecule has 90 valence electrons. The summed E-state index contributed by atoms with van der Waals surface area (Å²) in [4.78, 5) is 0. The standard InChI is InChI=1S/C12H8Cl2N4/c1-7-2-3-9(13)11(10(7)14)17-12-8(6-15)4-5-16-18-12/h2-5H,1H3,(H,17,18). The SMILES string of the molecule is Cc1ccc(Cl)c(Nc2nnccc2C#N)c1Cl. The topological polar surface area (TPSA) is 61.6 Å². The van der Waals surface area contributed by atoms with Crippen molar-refractivity contribution in [1.82, 2.24) is 10.2 Å². The maximum Gasteiger partial charge on any atom is 0.171 e. The van der Waals surface area contributed by atoms with Crippen molar-refractivity contribution in [2.45, 2.75) is 6.92 Å². The van der Waals surface area contributed by atoms with E-state index >= 15 is 0 Å². The highest BCUT2D eigenvalue weighted by Crippen LogP contribution is 2.35. The molecule has 0 atom stereocenters. The van der Waals surface area contributed by atoms with Gasteiger partial charge in [0.2, 0.25) is 0 Å². The molecule has 0 fully saturated rings. The average molecular weight is 279 g/mol. The number of anilines is 2. The van der Waals surface area contributed by atoms with Crippen molar-refractivity contribution in [3.63, 3.8) is 0 Å². The van der Waals surface area contributed by atoms with Crippen LogP contribution in [-0.2, 0) is 0 Å². The van der Waals surface area contributed by atoms with Crippen molar-refractivity contribution in [3.8, 4) is 6.07 Å². The third-order valence-electron chi connectivity index (χ3n) is 2.37. The number of hydrogen-bond donors (Lipinski definition) is 1. The fourth-order valence-corrected chi connectivity index (χ4v) is 1.87. The van der Waals surface area contributed by atoms with E-state index in [9.17, 15) is 0 Å². The first-order chi connectivity index (χ1) is 8.63. The molecule has 0 radical (unpaired) electrons. The molecule has 0 unspecified atom stereocenters. The Kier molecular flexibility index (Phi) is 3.66. The third-order valence-corrected chi connectivity index (χ3v) is 3.17. The summed E-state index contributed by atoms with van der Waals surface area (Å²) >= 11 is 12.2. The van der Waals surface area contributed by atoms with Crippen LogP contribution in [-0.4, -0.2) is 10.2 Å². The second-order valence-electron chi connectivity index (χ2n) is 3.58. The molecule has 0 aliphatic heterocycles. The van der Waals surface area contributed by atoms with Gasteiger partial charge in [0.15, 0.2) is 5.82 Å². The molecule has 1 aromatic heterocycles. The Morgan fingerprint density at radius 3 is 2.78 bits per heavy atom. The zero-order chi connectivity index (χ0) is 13.1. The molecule has 0 saturated heterocycles. The van der Waals surface area contributed by atoms with Crippen LogP contribution in [0.25, 0.3) is 0 Å².